The van der Waals surface area contributed by atoms with Crippen LogP contribution in [0.15, 0.2) is 18.3 Å². The van der Waals surface area contributed by atoms with E-state index in [0.29, 0.717) is 0 Å². The van der Waals surface area contributed by atoms with Crippen molar-refractivity contribution in [1.29, 1.82) is 0 Å². The quantitative estimate of drug-likeness (QED) is 0.547. The molecule has 1 heterocycles. The molecule has 10 heavy (non-hydrogen) atoms. The second kappa shape index (κ2) is 2.97. The van der Waals surface area contributed by atoms with E-state index in [0.717, 1.165) is 0 Å². The fourth-order valence-corrected chi connectivity index (χ4v) is 1.67. The van der Waals surface area contributed by atoms with Crippen LogP contribution in [0.25, 0.3) is 0 Å². The summed E-state index contributed by atoms with van der Waals surface area (Å²) < 4.78 is 0. The second-order valence-electron chi connectivity index (χ2n) is 2.92. The Morgan fingerprint density at radius 2 is 2.00 bits per heavy atom. The van der Waals surface area contributed by atoms with Crippen molar-refractivity contribution < 1.29 is 0 Å². The standard InChI is InChI=1S/C8H13NSi/c1-7-4-5-8(9-6-7)10(2)3/h4-6,10H,1-3H3. The molecule has 0 aliphatic carbocycles. The highest BCUT2D eigenvalue weighted by atomic mass is 28.3. The van der Waals surface area contributed by atoms with Crippen LogP contribution in [-0.4, -0.2) is 13.8 Å². The monoisotopic (exact) mass is 151 g/mol. The van der Waals surface area contributed by atoms with E-state index in [1.807, 2.05) is 6.20 Å². The Bertz CT molecular complexity index is 203. The van der Waals surface area contributed by atoms with E-state index in [1.54, 1.807) is 0 Å². The molecule has 0 aliphatic heterocycles. The van der Waals surface area contributed by atoms with Crippen molar-refractivity contribution >= 4 is 14.1 Å². The number of pyridine rings is 1. The van der Waals surface area contributed by atoms with E-state index in [2.05, 4.69) is 37.1 Å². The summed E-state index contributed by atoms with van der Waals surface area (Å²) in [6.07, 6.45) is 1.95. The Kier molecular flexibility index (Phi) is 2.22. The predicted molar refractivity (Wildman–Crippen MR) is 47.5 cm³/mol. The summed E-state index contributed by atoms with van der Waals surface area (Å²) in [5, 5.41) is 1.31. The molecule has 54 valence electrons. The van der Waals surface area contributed by atoms with Gasteiger partial charge in [-0.2, -0.15) is 0 Å². The first-order chi connectivity index (χ1) is 4.70. The van der Waals surface area contributed by atoms with Crippen LogP contribution in [-0.2, 0) is 0 Å². The van der Waals surface area contributed by atoms with Crippen LogP contribution in [0.3, 0.4) is 0 Å². The highest BCUT2D eigenvalue weighted by molar-refractivity contribution is 6.69. The van der Waals surface area contributed by atoms with E-state index in [-0.39, 0.29) is 0 Å². The molecule has 1 aromatic rings. The molecule has 0 atom stereocenters. The molecule has 0 amide bonds. The predicted octanol–water partition coefficient (Wildman–Crippen LogP) is 1.08. The van der Waals surface area contributed by atoms with Crippen LogP contribution in [0, 0.1) is 6.92 Å². The van der Waals surface area contributed by atoms with Gasteiger partial charge in [-0.05, 0) is 18.6 Å². The second-order valence-corrected chi connectivity index (χ2v) is 5.82. The van der Waals surface area contributed by atoms with Gasteiger partial charge in [-0.3, -0.25) is 4.98 Å². The first-order valence-corrected chi connectivity index (χ1v) is 6.51. The van der Waals surface area contributed by atoms with E-state index in [4.69, 9.17) is 0 Å². The van der Waals surface area contributed by atoms with E-state index >= 15 is 0 Å². The van der Waals surface area contributed by atoms with Crippen LogP contribution in [0.4, 0.5) is 0 Å². The lowest BCUT2D eigenvalue weighted by molar-refractivity contribution is 1.30. The fourth-order valence-electron chi connectivity index (χ4n) is 0.821. The number of nitrogens with zero attached hydrogens (tertiary/aromatic N) is 1. The molecule has 1 rings (SSSR count). The molecule has 0 radical (unpaired) electrons. The van der Waals surface area contributed by atoms with Crippen LogP contribution in [0.1, 0.15) is 5.56 Å². The molecule has 0 N–H and O–H groups in total. The van der Waals surface area contributed by atoms with Gasteiger partial charge in [-0.25, -0.2) is 0 Å². The van der Waals surface area contributed by atoms with Gasteiger partial charge >= 0.3 is 0 Å². The molecule has 0 aliphatic rings. The smallest absolute Gasteiger partial charge is 0.0884 e. The average molecular weight is 151 g/mol. The van der Waals surface area contributed by atoms with Gasteiger partial charge in [-0.15, -0.1) is 0 Å². The van der Waals surface area contributed by atoms with Gasteiger partial charge in [0.25, 0.3) is 0 Å². The minimum Gasteiger partial charge on any atom is -0.266 e. The lowest BCUT2D eigenvalue weighted by Gasteiger charge is -2.00. The molecule has 0 spiro atoms. The van der Waals surface area contributed by atoms with E-state index in [1.165, 1.54) is 10.9 Å². The number of hydrogen-bond donors (Lipinski definition) is 0. The maximum atomic E-state index is 4.34. The lowest BCUT2D eigenvalue weighted by Crippen LogP contribution is -2.25. The van der Waals surface area contributed by atoms with Gasteiger partial charge in [0.1, 0.15) is 0 Å². The summed E-state index contributed by atoms with van der Waals surface area (Å²) in [7, 11) is -0.661. The summed E-state index contributed by atoms with van der Waals surface area (Å²) in [6.45, 7) is 6.65. The van der Waals surface area contributed by atoms with Crippen molar-refractivity contribution in [2.75, 3.05) is 0 Å². The number of hydrogen-bond acceptors (Lipinski definition) is 1. The summed E-state index contributed by atoms with van der Waals surface area (Å²) >= 11 is 0. The molecule has 0 saturated carbocycles. The molecule has 0 saturated heterocycles. The third kappa shape index (κ3) is 1.67. The molecule has 0 unspecified atom stereocenters. The Morgan fingerprint density at radius 3 is 2.40 bits per heavy atom. The van der Waals surface area contributed by atoms with Crippen LogP contribution in [0.5, 0.6) is 0 Å². The van der Waals surface area contributed by atoms with Crippen molar-refractivity contribution in [2.45, 2.75) is 20.0 Å². The molecule has 1 aromatic heterocycles. The zero-order valence-electron chi connectivity index (χ0n) is 6.76. The van der Waals surface area contributed by atoms with Crippen LogP contribution in [0.2, 0.25) is 13.1 Å². The van der Waals surface area contributed by atoms with Crippen molar-refractivity contribution in [3.63, 3.8) is 0 Å². The molecule has 1 nitrogen and oxygen atoms in total. The molecular formula is C8H13NSi. The highest BCUT2D eigenvalue weighted by Crippen LogP contribution is 1.90. The zero-order chi connectivity index (χ0) is 7.56. The molecular weight excluding hydrogens is 138 g/mol. The van der Waals surface area contributed by atoms with Gasteiger partial charge in [0.15, 0.2) is 0 Å². The number of aryl methyl sites for hydroxylation is 1. The topological polar surface area (TPSA) is 12.9 Å². The van der Waals surface area contributed by atoms with Crippen molar-refractivity contribution in [3.05, 3.63) is 23.9 Å². The fraction of sp³-hybridized carbons (Fsp3) is 0.375. The Morgan fingerprint density at radius 1 is 1.30 bits per heavy atom. The average Bonchev–Trinajstić information content (AvgIpc) is 1.88. The summed E-state index contributed by atoms with van der Waals surface area (Å²) in [5.41, 5.74) is 1.25. The van der Waals surface area contributed by atoms with Crippen LogP contribution >= 0.6 is 0 Å². The minimum absolute atomic E-state index is 0.661. The SMILES string of the molecule is Cc1ccc([SiH](C)C)nc1. The number of aromatic nitrogens is 1. The van der Waals surface area contributed by atoms with Gasteiger partial charge < -0.3 is 0 Å². The van der Waals surface area contributed by atoms with Crippen molar-refractivity contribution in [1.82, 2.24) is 4.98 Å². The summed E-state index contributed by atoms with van der Waals surface area (Å²) in [5.74, 6) is 0. The van der Waals surface area contributed by atoms with E-state index in [9.17, 15) is 0 Å². The van der Waals surface area contributed by atoms with Crippen LogP contribution < -0.4 is 5.32 Å². The van der Waals surface area contributed by atoms with Gasteiger partial charge in [0, 0.05) is 11.5 Å². The minimum atomic E-state index is -0.661. The van der Waals surface area contributed by atoms with Gasteiger partial charge in [0.05, 0.1) is 8.80 Å². The Balaban J connectivity index is 2.89. The van der Waals surface area contributed by atoms with Gasteiger partial charge in [0.2, 0.25) is 0 Å². The highest BCUT2D eigenvalue weighted by Gasteiger charge is 1.99. The molecule has 0 fully saturated rings. The Labute approximate surface area is 63.7 Å². The molecule has 0 bridgehead atoms. The van der Waals surface area contributed by atoms with Crippen molar-refractivity contribution in [3.8, 4) is 0 Å². The molecule has 2 heteroatoms. The summed E-state index contributed by atoms with van der Waals surface area (Å²) in [4.78, 5) is 4.34. The normalized spacial score (nSPS) is 10.4. The zero-order valence-corrected chi connectivity index (χ0v) is 7.91. The van der Waals surface area contributed by atoms with E-state index < -0.39 is 8.80 Å². The maximum Gasteiger partial charge on any atom is 0.0884 e. The largest absolute Gasteiger partial charge is 0.266 e. The third-order valence-electron chi connectivity index (χ3n) is 1.53. The first kappa shape index (κ1) is 7.47. The van der Waals surface area contributed by atoms with Crippen molar-refractivity contribution in [2.24, 2.45) is 0 Å². The third-order valence-corrected chi connectivity index (χ3v) is 3.05. The van der Waals surface area contributed by atoms with Gasteiger partial charge in [-0.1, -0.05) is 19.2 Å². The summed E-state index contributed by atoms with van der Waals surface area (Å²) in [6, 6.07) is 4.28. The lowest BCUT2D eigenvalue weighted by atomic mass is 10.3. The molecule has 0 aromatic carbocycles. The Hall–Kier alpha value is -0.633. The maximum absolute atomic E-state index is 4.34. The first-order valence-electron chi connectivity index (χ1n) is 3.62. The number of rotatable bonds is 1.